The minimum atomic E-state index is 0.0185. The van der Waals surface area contributed by atoms with Crippen LogP contribution in [0.5, 0.6) is 0 Å². The van der Waals surface area contributed by atoms with E-state index >= 15 is 0 Å². The molecule has 2 aliphatic carbocycles. The molecule has 2 N–H and O–H groups in total. The summed E-state index contributed by atoms with van der Waals surface area (Å²) in [5, 5.41) is 6.59. The number of anilines is 1. The standard InChI is InChI=1S/C17H24N2O/c1-3-18-17(20)14-5-4-11(2)15(10-14)19-16(12-6-7-12)13-8-9-13/h4-5,10,12-13,16,19H,3,6-9H2,1-2H3,(H,18,20). The van der Waals surface area contributed by atoms with Crippen LogP contribution in [0, 0.1) is 18.8 Å². The highest BCUT2D eigenvalue weighted by Gasteiger charge is 2.41. The molecule has 108 valence electrons. The molecular formula is C17H24N2O. The molecule has 0 aromatic heterocycles. The second kappa shape index (κ2) is 5.47. The van der Waals surface area contributed by atoms with Crippen molar-refractivity contribution >= 4 is 11.6 Å². The van der Waals surface area contributed by atoms with Crippen molar-refractivity contribution in [1.82, 2.24) is 5.32 Å². The van der Waals surface area contributed by atoms with Crippen molar-refractivity contribution in [2.45, 2.75) is 45.6 Å². The van der Waals surface area contributed by atoms with E-state index in [2.05, 4.69) is 17.6 Å². The van der Waals surface area contributed by atoms with E-state index in [1.165, 1.54) is 31.2 Å². The Kier molecular flexibility index (Phi) is 3.68. The third-order valence-electron chi connectivity index (χ3n) is 4.42. The normalized spacial score (nSPS) is 18.1. The van der Waals surface area contributed by atoms with Gasteiger partial charge in [-0.05, 0) is 69.1 Å². The molecule has 0 saturated heterocycles. The van der Waals surface area contributed by atoms with Gasteiger partial charge in [0.2, 0.25) is 0 Å². The maximum Gasteiger partial charge on any atom is 0.251 e. The Morgan fingerprint density at radius 2 is 1.90 bits per heavy atom. The number of aryl methyl sites for hydroxylation is 1. The van der Waals surface area contributed by atoms with Gasteiger partial charge in [-0.1, -0.05) is 6.07 Å². The van der Waals surface area contributed by atoms with Crippen LogP contribution in [-0.4, -0.2) is 18.5 Å². The number of hydrogen-bond acceptors (Lipinski definition) is 2. The Morgan fingerprint density at radius 1 is 1.25 bits per heavy atom. The molecule has 0 heterocycles. The Bertz CT molecular complexity index is 492. The van der Waals surface area contributed by atoms with Gasteiger partial charge in [0.05, 0.1) is 0 Å². The quantitative estimate of drug-likeness (QED) is 0.834. The van der Waals surface area contributed by atoms with Crippen molar-refractivity contribution < 1.29 is 4.79 Å². The summed E-state index contributed by atoms with van der Waals surface area (Å²) in [4.78, 5) is 11.9. The Hall–Kier alpha value is -1.51. The van der Waals surface area contributed by atoms with E-state index in [0.29, 0.717) is 12.6 Å². The Balaban J connectivity index is 1.77. The largest absolute Gasteiger partial charge is 0.382 e. The molecule has 0 aliphatic heterocycles. The minimum absolute atomic E-state index is 0.0185. The lowest BCUT2D eigenvalue weighted by Gasteiger charge is -2.21. The average molecular weight is 272 g/mol. The van der Waals surface area contributed by atoms with Gasteiger partial charge >= 0.3 is 0 Å². The summed E-state index contributed by atoms with van der Waals surface area (Å²) in [6.45, 7) is 4.73. The first-order chi connectivity index (χ1) is 9.69. The lowest BCUT2D eigenvalue weighted by atomic mass is 10.0. The predicted octanol–water partition coefficient (Wildman–Crippen LogP) is 3.35. The smallest absolute Gasteiger partial charge is 0.251 e. The number of benzene rings is 1. The van der Waals surface area contributed by atoms with E-state index in [-0.39, 0.29) is 5.91 Å². The molecule has 2 saturated carbocycles. The van der Waals surface area contributed by atoms with Crippen LogP contribution < -0.4 is 10.6 Å². The lowest BCUT2D eigenvalue weighted by molar-refractivity contribution is 0.0956. The molecule has 0 radical (unpaired) electrons. The topological polar surface area (TPSA) is 41.1 Å². The van der Waals surface area contributed by atoms with Crippen molar-refractivity contribution in [3.63, 3.8) is 0 Å². The highest BCUT2D eigenvalue weighted by atomic mass is 16.1. The molecule has 1 aromatic rings. The van der Waals surface area contributed by atoms with E-state index in [1.807, 2.05) is 25.1 Å². The number of carbonyl (C=O) groups excluding carboxylic acids is 1. The van der Waals surface area contributed by atoms with Crippen molar-refractivity contribution in [2.75, 3.05) is 11.9 Å². The summed E-state index contributed by atoms with van der Waals surface area (Å²) in [5.41, 5.74) is 3.12. The van der Waals surface area contributed by atoms with Crippen molar-refractivity contribution in [2.24, 2.45) is 11.8 Å². The molecule has 3 heteroatoms. The average Bonchev–Trinajstić information content (AvgIpc) is 3.29. The van der Waals surface area contributed by atoms with E-state index in [9.17, 15) is 4.79 Å². The molecule has 1 amide bonds. The van der Waals surface area contributed by atoms with Gasteiger partial charge in [0.1, 0.15) is 0 Å². The SMILES string of the molecule is CCNC(=O)c1ccc(C)c(NC(C2CC2)C2CC2)c1. The fourth-order valence-electron chi connectivity index (χ4n) is 2.89. The van der Waals surface area contributed by atoms with E-state index in [0.717, 1.165) is 23.1 Å². The number of carbonyl (C=O) groups is 1. The summed E-state index contributed by atoms with van der Waals surface area (Å²) >= 11 is 0. The molecule has 3 rings (SSSR count). The summed E-state index contributed by atoms with van der Waals surface area (Å²) in [7, 11) is 0. The summed E-state index contributed by atoms with van der Waals surface area (Å²) in [5.74, 6) is 1.73. The van der Waals surface area contributed by atoms with Crippen LogP contribution in [0.3, 0.4) is 0 Å². The van der Waals surface area contributed by atoms with Crippen LogP contribution in [0.15, 0.2) is 18.2 Å². The third kappa shape index (κ3) is 2.97. The summed E-state index contributed by atoms with van der Waals surface area (Å²) < 4.78 is 0. The van der Waals surface area contributed by atoms with Crippen LogP contribution in [0.4, 0.5) is 5.69 Å². The first kappa shape index (κ1) is 13.5. The van der Waals surface area contributed by atoms with Crippen molar-refractivity contribution in [3.8, 4) is 0 Å². The molecule has 3 nitrogen and oxygen atoms in total. The van der Waals surface area contributed by atoms with Gasteiger partial charge in [-0.25, -0.2) is 0 Å². The predicted molar refractivity (Wildman–Crippen MR) is 82.0 cm³/mol. The number of hydrogen-bond donors (Lipinski definition) is 2. The van der Waals surface area contributed by atoms with Gasteiger partial charge in [0.25, 0.3) is 5.91 Å². The Labute approximate surface area is 121 Å². The van der Waals surface area contributed by atoms with Crippen molar-refractivity contribution in [1.29, 1.82) is 0 Å². The number of amides is 1. The monoisotopic (exact) mass is 272 g/mol. The van der Waals surface area contributed by atoms with E-state index in [1.54, 1.807) is 0 Å². The summed E-state index contributed by atoms with van der Waals surface area (Å²) in [6, 6.07) is 6.59. The first-order valence-corrected chi connectivity index (χ1v) is 7.84. The lowest BCUT2D eigenvalue weighted by Crippen LogP contribution is -2.26. The zero-order valence-electron chi connectivity index (χ0n) is 12.4. The molecular weight excluding hydrogens is 248 g/mol. The molecule has 2 fully saturated rings. The van der Waals surface area contributed by atoms with Gasteiger partial charge in [0, 0.05) is 23.8 Å². The zero-order valence-corrected chi connectivity index (χ0v) is 12.4. The molecule has 0 atom stereocenters. The van der Waals surface area contributed by atoms with Gasteiger partial charge in [-0.3, -0.25) is 4.79 Å². The number of nitrogens with one attached hydrogen (secondary N) is 2. The fraction of sp³-hybridized carbons (Fsp3) is 0.588. The van der Waals surface area contributed by atoms with Crippen LogP contribution in [-0.2, 0) is 0 Å². The second-order valence-electron chi connectivity index (χ2n) is 6.23. The van der Waals surface area contributed by atoms with Gasteiger partial charge in [0.15, 0.2) is 0 Å². The summed E-state index contributed by atoms with van der Waals surface area (Å²) in [6.07, 6.45) is 5.46. The first-order valence-electron chi connectivity index (χ1n) is 7.84. The molecule has 20 heavy (non-hydrogen) atoms. The highest BCUT2D eigenvalue weighted by Crippen LogP contribution is 2.46. The van der Waals surface area contributed by atoms with Crippen molar-refractivity contribution in [3.05, 3.63) is 29.3 Å². The second-order valence-corrected chi connectivity index (χ2v) is 6.23. The molecule has 0 unspecified atom stereocenters. The van der Waals surface area contributed by atoms with Gasteiger partial charge < -0.3 is 10.6 Å². The highest BCUT2D eigenvalue weighted by molar-refractivity contribution is 5.95. The fourth-order valence-corrected chi connectivity index (χ4v) is 2.89. The van der Waals surface area contributed by atoms with Gasteiger partial charge in [-0.15, -0.1) is 0 Å². The minimum Gasteiger partial charge on any atom is -0.382 e. The van der Waals surface area contributed by atoms with E-state index in [4.69, 9.17) is 0 Å². The molecule has 0 bridgehead atoms. The van der Waals surface area contributed by atoms with Gasteiger partial charge in [-0.2, -0.15) is 0 Å². The zero-order chi connectivity index (χ0) is 14.1. The molecule has 1 aromatic carbocycles. The maximum absolute atomic E-state index is 11.9. The van der Waals surface area contributed by atoms with Crippen LogP contribution in [0.2, 0.25) is 0 Å². The third-order valence-corrected chi connectivity index (χ3v) is 4.42. The molecule has 2 aliphatic rings. The van der Waals surface area contributed by atoms with E-state index < -0.39 is 0 Å². The van der Waals surface area contributed by atoms with Crippen LogP contribution in [0.25, 0.3) is 0 Å². The number of rotatable bonds is 6. The maximum atomic E-state index is 11.9. The van der Waals surface area contributed by atoms with Crippen LogP contribution >= 0.6 is 0 Å². The Morgan fingerprint density at radius 3 is 2.45 bits per heavy atom. The molecule has 0 spiro atoms. The van der Waals surface area contributed by atoms with Crippen LogP contribution in [0.1, 0.15) is 48.5 Å².